The molecule has 1 aromatic heterocycles. The summed E-state index contributed by atoms with van der Waals surface area (Å²) in [4.78, 5) is 18.1. The number of amides is 1. The lowest BCUT2D eigenvalue weighted by Gasteiger charge is -2.14. The number of rotatable bonds is 7. The predicted octanol–water partition coefficient (Wildman–Crippen LogP) is 5.49. The normalized spacial score (nSPS) is 11.3. The van der Waals surface area contributed by atoms with Crippen LogP contribution in [0.2, 0.25) is 0 Å². The minimum Gasteiger partial charge on any atom is -0.490 e. The van der Waals surface area contributed by atoms with E-state index in [1.165, 1.54) is 20.4 Å². The molecule has 3 aromatic carbocycles. The highest BCUT2D eigenvalue weighted by molar-refractivity contribution is 7.19. The molecule has 0 N–H and O–H groups in total. The smallest absolute Gasteiger partial charge is 0.259 e. The van der Waals surface area contributed by atoms with Gasteiger partial charge in [0.05, 0.1) is 16.8 Å². The van der Waals surface area contributed by atoms with E-state index in [0.29, 0.717) is 18.1 Å². The van der Waals surface area contributed by atoms with Crippen molar-refractivity contribution in [2.24, 2.45) is 0 Å². The zero-order chi connectivity index (χ0) is 21.8. The van der Waals surface area contributed by atoms with Gasteiger partial charge in [-0.1, -0.05) is 42.5 Å². The van der Waals surface area contributed by atoms with E-state index in [4.69, 9.17) is 14.5 Å². The highest BCUT2D eigenvalue weighted by Gasteiger charge is 2.10. The number of carbonyl (C=O) groups excluding carboxylic acids is 1. The van der Waals surface area contributed by atoms with Crippen molar-refractivity contribution in [1.82, 2.24) is 9.88 Å². The fourth-order valence-corrected chi connectivity index (χ4v) is 4.09. The Kier molecular flexibility index (Phi) is 6.18. The lowest BCUT2D eigenvalue weighted by atomic mass is 10.1. The van der Waals surface area contributed by atoms with Crippen molar-refractivity contribution in [3.63, 3.8) is 0 Å². The molecule has 0 aliphatic rings. The van der Waals surface area contributed by atoms with Gasteiger partial charge in [0, 0.05) is 19.5 Å². The highest BCUT2D eigenvalue weighted by atomic mass is 32.1. The quantitative estimate of drug-likeness (QED) is 0.388. The molecule has 6 heteroatoms. The summed E-state index contributed by atoms with van der Waals surface area (Å²) in [5.74, 6) is 1.07. The van der Waals surface area contributed by atoms with Crippen LogP contribution >= 0.6 is 11.3 Å². The second kappa shape index (κ2) is 9.18. The fraction of sp³-hybridized carbons (Fsp3) is 0.200. The maximum atomic E-state index is 11.8. The fourth-order valence-electron chi connectivity index (χ4n) is 3.20. The summed E-state index contributed by atoms with van der Waals surface area (Å²) in [5.41, 5.74) is 2.01. The van der Waals surface area contributed by atoms with Crippen molar-refractivity contribution in [3.8, 4) is 11.5 Å². The second-order valence-corrected chi connectivity index (χ2v) is 8.30. The molecule has 1 amide bonds. The van der Waals surface area contributed by atoms with Gasteiger partial charge in [-0.05, 0) is 42.1 Å². The molecule has 1 heterocycles. The predicted molar refractivity (Wildman–Crippen MR) is 128 cm³/mol. The topological polar surface area (TPSA) is 51.7 Å². The summed E-state index contributed by atoms with van der Waals surface area (Å²) >= 11 is 1.67. The van der Waals surface area contributed by atoms with Crippen molar-refractivity contribution in [2.75, 3.05) is 27.3 Å². The Balaban J connectivity index is 1.57. The molecule has 0 unspecified atom stereocenters. The van der Waals surface area contributed by atoms with Crippen LogP contribution in [0.15, 0.2) is 54.6 Å². The van der Waals surface area contributed by atoms with Crippen LogP contribution in [0.5, 0.6) is 11.5 Å². The number of ether oxygens (including phenoxy) is 2. The Morgan fingerprint density at radius 2 is 1.87 bits per heavy atom. The molecule has 0 saturated heterocycles. The minimum atomic E-state index is -0.102. The van der Waals surface area contributed by atoms with E-state index in [0.717, 1.165) is 16.1 Å². The van der Waals surface area contributed by atoms with Gasteiger partial charge in [0.15, 0.2) is 18.1 Å². The van der Waals surface area contributed by atoms with Crippen molar-refractivity contribution in [2.45, 2.75) is 6.92 Å². The Hall–Kier alpha value is -3.38. The summed E-state index contributed by atoms with van der Waals surface area (Å²) in [6, 6.07) is 18.3. The number of thiazole rings is 1. The minimum absolute atomic E-state index is 0.0259. The zero-order valence-corrected chi connectivity index (χ0v) is 18.6. The lowest BCUT2D eigenvalue weighted by molar-refractivity contribution is -0.130. The molecule has 4 aromatic rings. The van der Waals surface area contributed by atoms with Gasteiger partial charge in [-0.15, -0.1) is 11.3 Å². The molecular formula is C25H24N2O3S. The molecule has 0 bridgehead atoms. The summed E-state index contributed by atoms with van der Waals surface area (Å²) in [5, 5.41) is 3.31. The van der Waals surface area contributed by atoms with E-state index >= 15 is 0 Å². The van der Waals surface area contributed by atoms with Gasteiger partial charge < -0.3 is 14.4 Å². The third-order valence-corrected chi connectivity index (χ3v) is 5.82. The third kappa shape index (κ3) is 4.70. The van der Waals surface area contributed by atoms with E-state index in [-0.39, 0.29) is 12.5 Å². The molecular weight excluding hydrogens is 408 g/mol. The van der Waals surface area contributed by atoms with E-state index in [2.05, 4.69) is 24.3 Å². The third-order valence-electron chi connectivity index (χ3n) is 4.84. The van der Waals surface area contributed by atoms with Crippen molar-refractivity contribution in [1.29, 1.82) is 0 Å². The van der Waals surface area contributed by atoms with Crippen LogP contribution < -0.4 is 9.47 Å². The van der Waals surface area contributed by atoms with Crippen LogP contribution in [0.25, 0.3) is 33.1 Å². The van der Waals surface area contributed by atoms with Crippen LogP contribution in [0.4, 0.5) is 0 Å². The average molecular weight is 433 g/mol. The number of benzene rings is 3. The first-order chi connectivity index (χ1) is 15.0. The Morgan fingerprint density at radius 3 is 2.68 bits per heavy atom. The van der Waals surface area contributed by atoms with Crippen LogP contribution in [0.3, 0.4) is 0 Å². The Labute approximate surface area is 185 Å². The molecule has 0 saturated carbocycles. The summed E-state index contributed by atoms with van der Waals surface area (Å²) in [6.45, 7) is 2.40. The molecule has 0 aliphatic carbocycles. The van der Waals surface area contributed by atoms with Gasteiger partial charge in [-0.2, -0.15) is 0 Å². The van der Waals surface area contributed by atoms with Gasteiger partial charge in [0.2, 0.25) is 0 Å². The van der Waals surface area contributed by atoms with Gasteiger partial charge in [0.25, 0.3) is 5.91 Å². The first-order valence-electron chi connectivity index (χ1n) is 10.1. The van der Waals surface area contributed by atoms with Crippen LogP contribution in [-0.2, 0) is 4.79 Å². The molecule has 0 radical (unpaired) electrons. The molecule has 0 fully saturated rings. The zero-order valence-electron chi connectivity index (χ0n) is 17.8. The highest BCUT2D eigenvalue weighted by Crippen LogP contribution is 2.32. The number of carbonyl (C=O) groups is 1. The lowest BCUT2D eigenvalue weighted by Crippen LogP contribution is -2.27. The van der Waals surface area contributed by atoms with E-state index in [1.54, 1.807) is 25.4 Å². The summed E-state index contributed by atoms with van der Waals surface area (Å²) < 4.78 is 12.6. The maximum Gasteiger partial charge on any atom is 0.259 e. The molecule has 4 rings (SSSR count). The van der Waals surface area contributed by atoms with E-state index in [1.807, 2.05) is 49.4 Å². The number of hydrogen-bond acceptors (Lipinski definition) is 5. The monoisotopic (exact) mass is 432 g/mol. The number of fused-ring (bicyclic) bond motifs is 3. The molecule has 5 nitrogen and oxygen atoms in total. The number of likely N-dealkylation sites (N-methyl/N-ethyl adjacent to an activating group) is 1. The molecule has 0 aliphatic heterocycles. The largest absolute Gasteiger partial charge is 0.490 e. The Bertz CT molecular complexity index is 1260. The number of hydrogen-bond donors (Lipinski definition) is 0. The van der Waals surface area contributed by atoms with Gasteiger partial charge in [-0.3, -0.25) is 4.79 Å². The first kappa shape index (κ1) is 20.9. The van der Waals surface area contributed by atoms with Crippen molar-refractivity contribution >= 4 is 50.4 Å². The van der Waals surface area contributed by atoms with Crippen LogP contribution in [-0.4, -0.2) is 43.1 Å². The van der Waals surface area contributed by atoms with E-state index in [9.17, 15) is 4.79 Å². The molecule has 0 spiro atoms. The van der Waals surface area contributed by atoms with Crippen molar-refractivity contribution < 1.29 is 14.3 Å². The van der Waals surface area contributed by atoms with Gasteiger partial charge in [-0.25, -0.2) is 4.98 Å². The van der Waals surface area contributed by atoms with E-state index < -0.39 is 0 Å². The first-order valence-corrected chi connectivity index (χ1v) is 10.9. The second-order valence-electron chi connectivity index (χ2n) is 7.23. The van der Waals surface area contributed by atoms with Crippen molar-refractivity contribution in [3.05, 3.63) is 65.2 Å². The standard InChI is InChI=1S/C25H24N2O3S/c1-4-29-21-15-17(9-12-20(21)30-16-24(28)27(2)3)10-14-23-26-25-19-8-6-5-7-18(19)11-13-22(25)31-23/h5-15H,4,16H2,1-3H3/b14-10+. The molecule has 31 heavy (non-hydrogen) atoms. The molecule has 0 atom stereocenters. The maximum absolute atomic E-state index is 11.8. The summed E-state index contributed by atoms with van der Waals surface area (Å²) in [6.07, 6.45) is 4.03. The van der Waals surface area contributed by atoms with Gasteiger partial charge in [0.1, 0.15) is 5.01 Å². The number of nitrogens with zero attached hydrogens (tertiary/aromatic N) is 2. The average Bonchev–Trinajstić information content (AvgIpc) is 3.20. The SMILES string of the molecule is CCOc1cc(/C=C/c2nc3c(ccc4ccccc43)s2)ccc1OCC(=O)N(C)C. The summed E-state index contributed by atoms with van der Waals surface area (Å²) in [7, 11) is 3.40. The number of aromatic nitrogens is 1. The van der Waals surface area contributed by atoms with Crippen LogP contribution in [0, 0.1) is 0 Å². The Morgan fingerprint density at radius 1 is 1.03 bits per heavy atom. The molecule has 158 valence electrons. The van der Waals surface area contributed by atoms with Gasteiger partial charge >= 0.3 is 0 Å². The van der Waals surface area contributed by atoms with Crippen LogP contribution in [0.1, 0.15) is 17.5 Å².